The zero-order valence-electron chi connectivity index (χ0n) is 14.7. The van der Waals surface area contributed by atoms with Gasteiger partial charge in [-0.1, -0.05) is 17.7 Å². The van der Waals surface area contributed by atoms with Crippen molar-refractivity contribution in [3.05, 3.63) is 63.7 Å². The van der Waals surface area contributed by atoms with Crippen LogP contribution in [0.3, 0.4) is 0 Å². The number of hydrogen-bond donors (Lipinski definition) is 1. The van der Waals surface area contributed by atoms with Gasteiger partial charge in [0.2, 0.25) is 0 Å². The highest BCUT2D eigenvalue weighted by Crippen LogP contribution is 2.25. The number of rotatable bonds is 6. The number of likely N-dealkylation sites (N-methyl/N-ethyl adjacent to an activating group) is 1. The first-order chi connectivity index (χ1) is 12.8. The fraction of sp³-hybridized carbons (Fsp3) is 0.263. The minimum absolute atomic E-state index is 0.00653. The van der Waals surface area contributed by atoms with E-state index in [-0.39, 0.29) is 28.0 Å². The van der Waals surface area contributed by atoms with Crippen LogP contribution in [0.15, 0.2) is 24.3 Å². The SMILES string of the molecule is CN(C)CCc1nc2c(F)c(F)cc(C(=O)Cc3ccc(F)c(Cl)c3)c2[nH]1. The van der Waals surface area contributed by atoms with Crippen LogP contribution in [0.1, 0.15) is 21.7 Å². The zero-order chi connectivity index (χ0) is 19.7. The Hall–Kier alpha value is -2.38. The summed E-state index contributed by atoms with van der Waals surface area (Å²) in [5, 5.41) is -0.108. The van der Waals surface area contributed by atoms with Gasteiger partial charge in [0.15, 0.2) is 17.4 Å². The number of hydrogen-bond acceptors (Lipinski definition) is 3. The van der Waals surface area contributed by atoms with E-state index in [0.717, 1.165) is 12.1 Å². The number of nitrogens with one attached hydrogen (secondary N) is 1. The highest BCUT2D eigenvalue weighted by Gasteiger charge is 2.21. The minimum atomic E-state index is -1.14. The molecule has 0 unspecified atom stereocenters. The summed E-state index contributed by atoms with van der Waals surface area (Å²) in [6.07, 6.45) is 0.357. The van der Waals surface area contributed by atoms with Gasteiger partial charge >= 0.3 is 0 Å². The smallest absolute Gasteiger partial charge is 0.186 e. The molecule has 0 aliphatic rings. The molecule has 0 saturated heterocycles. The summed E-state index contributed by atoms with van der Waals surface area (Å²) >= 11 is 5.73. The summed E-state index contributed by atoms with van der Waals surface area (Å²) in [4.78, 5) is 21.6. The highest BCUT2D eigenvalue weighted by atomic mass is 35.5. The maximum atomic E-state index is 14.1. The average molecular weight is 396 g/mol. The summed E-state index contributed by atoms with van der Waals surface area (Å²) in [6.45, 7) is 0.654. The fourth-order valence-electron chi connectivity index (χ4n) is 2.75. The molecule has 142 valence electrons. The Balaban J connectivity index is 1.97. The number of imidazole rings is 1. The Kier molecular flexibility index (Phi) is 5.53. The molecule has 0 atom stereocenters. The largest absolute Gasteiger partial charge is 0.341 e. The number of nitrogens with zero attached hydrogens (tertiary/aromatic N) is 2. The van der Waals surface area contributed by atoms with Crippen molar-refractivity contribution in [2.45, 2.75) is 12.8 Å². The molecule has 1 aromatic heterocycles. The number of aromatic amines is 1. The molecule has 0 aliphatic carbocycles. The maximum Gasteiger partial charge on any atom is 0.186 e. The first-order valence-electron chi connectivity index (χ1n) is 8.24. The van der Waals surface area contributed by atoms with Crippen LogP contribution in [0.5, 0.6) is 0 Å². The zero-order valence-corrected chi connectivity index (χ0v) is 15.5. The lowest BCUT2D eigenvalue weighted by atomic mass is 10.0. The van der Waals surface area contributed by atoms with Crippen molar-refractivity contribution in [2.24, 2.45) is 0 Å². The number of fused-ring (bicyclic) bond motifs is 1. The van der Waals surface area contributed by atoms with Gasteiger partial charge in [-0.2, -0.15) is 0 Å². The van der Waals surface area contributed by atoms with Crippen LogP contribution in [-0.2, 0) is 12.8 Å². The Morgan fingerprint density at radius 2 is 1.93 bits per heavy atom. The molecule has 4 nitrogen and oxygen atoms in total. The first-order valence-corrected chi connectivity index (χ1v) is 8.62. The number of aromatic nitrogens is 2. The lowest BCUT2D eigenvalue weighted by molar-refractivity contribution is 0.0994. The van der Waals surface area contributed by atoms with Crippen molar-refractivity contribution < 1.29 is 18.0 Å². The third kappa shape index (κ3) is 4.14. The third-order valence-corrected chi connectivity index (χ3v) is 4.45. The van der Waals surface area contributed by atoms with Crippen molar-refractivity contribution in [1.82, 2.24) is 14.9 Å². The average Bonchev–Trinajstić information content (AvgIpc) is 3.04. The van der Waals surface area contributed by atoms with Crippen LogP contribution in [0.4, 0.5) is 13.2 Å². The number of carbonyl (C=O) groups is 1. The van der Waals surface area contributed by atoms with Crippen molar-refractivity contribution in [1.29, 1.82) is 0 Å². The molecule has 0 radical (unpaired) electrons. The molecule has 0 fully saturated rings. The molecule has 8 heteroatoms. The molecule has 1 heterocycles. The number of benzene rings is 2. The Labute approximate surface area is 159 Å². The molecule has 3 rings (SSSR count). The Morgan fingerprint density at radius 1 is 1.19 bits per heavy atom. The molecule has 0 saturated carbocycles. The molecule has 0 bridgehead atoms. The van der Waals surface area contributed by atoms with E-state index in [0.29, 0.717) is 24.4 Å². The molecule has 3 aromatic rings. The van der Waals surface area contributed by atoms with Crippen molar-refractivity contribution >= 4 is 28.4 Å². The molecular weight excluding hydrogens is 379 g/mol. The van der Waals surface area contributed by atoms with Gasteiger partial charge < -0.3 is 9.88 Å². The normalized spacial score (nSPS) is 11.5. The standard InChI is InChI=1S/C19H17ClF3N3O/c1-26(2)6-5-16-24-18-11(9-14(22)17(23)19(18)25-16)15(27)8-10-3-4-13(21)12(20)7-10/h3-4,7,9H,5-6,8H2,1-2H3,(H,24,25). The summed E-state index contributed by atoms with van der Waals surface area (Å²) in [5.41, 5.74) is 0.412. The van der Waals surface area contributed by atoms with Crippen LogP contribution < -0.4 is 0 Å². The van der Waals surface area contributed by atoms with E-state index < -0.39 is 23.2 Å². The van der Waals surface area contributed by atoms with E-state index in [2.05, 4.69) is 9.97 Å². The monoisotopic (exact) mass is 395 g/mol. The van der Waals surface area contributed by atoms with E-state index in [9.17, 15) is 18.0 Å². The van der Waals surface area contributed by atoms with Gasteiger partial charge in [-0.3, -0.25) is 4.79 Å². The Morgan fingerprint density at radius 3 is 2.59 bits per heavy atom. The van der Waals surface area contributed by atoms with Gasteiger partial charge in [-0.15, -0.1) is 0 Å². The quantitative estimate of drug-likeness (QED) is 0.637. The van der Waals surface area contributed by atoms with Crippen LogP contribution in [0.25, 0.3) is 11.0 Å². The summed E-state index contributed by atoms with van der Waals surface area (Å²) in [7, 11) is 3.76. The van der Waals surface area contributed by atoms with Crippen LogP contribution >= 0.6 is 11.6 Å². The lowest BCUT2D eigenvalue weighted by Crippen LogP contribution is -2.15. The van der Waals surface area contributed by atoms with E-state index >= 15 is 0 Å². The fourth-order valence-corrected chi connectivity index (χ4v) is 2.95. The predicted molar refractivity (Wildman–Crippen MR) is 97.7 cm³/mol. The van der Waals surface area contributed by atoms with Crippen LogP contribution in [-0.4, -0.2) is 41.3 Å². The van der Waals surface area contributed by atoms with E-state index in [1.165, 1.54) is 12.1 Å². The molecule has 2 aromatic carbocycles. The number of ketones is 1. The van der Waals surface area contributed by atoms with Crippen molar-refractivity contribution in [3.63, 3.8) is 0 Å². The summed E-state index contributed by atoms with van der Waals surface area (Å²) < 4.78 is 41.4. The van der Waals surface area contributed by atoms with Crippen molar-refractivity contribution in [2.75, 3.05) is 20.6 Å². The molecule has 0 amide bonds. The number of halogens is 4. The van der Waals surface area contributed by atoms with Crippen LogP contribution in [0.2, 0.25) is 5.02 Å². The van der Waals surface area contributed by atoms with Gasteiger partial charge in [0.05, 0.1) is 10.5 Å². The van der Waals surface area contributed by atoms with Gasteiger partial charge in [0.25, 0.3) is 0 Å². The summed E-state index contributed by atoms with van der Waals surface area (Å²) in [6, 6.07) is 4.77. The lowest BCUT2D eigenvalue weighted by Gasteiger charge is -2.06. The van der Waals surface area contributed by atoms with Gasteiger partial charge in [-0.25, -0.2) is 18.2 Å². The minimum Gasteiger partial charge on any atom is -0.341 e. The number of carbonyl (C=O) groups excluding carboxylic acids is 1. The second-order valence-electron chi connectivity index (χ2n) is 6.53. The second-order valence-corrected chi connectivity index (χ2v) is 6.94. The van der Waals surface area contributed by atoms with Gasteiger partial charge in [0.1, 0.15) is 17.2 Å². The van der Waals surface area contributed by atoms with Gasteiger partial charge in [-0.05, 0) is 37.9 Å². The van der Waals surface area contributed by atoms with E-state index in [1.807, 2.05) is 19.0 Å². The number of H-pyrrole nitrogens is 1. The first kappa shape index (κ1) is 19.4. The molecule has 27 heavy (non-hydrogen) atoms. The summed E-state index contributed by atoms with van der Waals surface area (Å²) in [5.74, 6) is -2.83. The molecule has 0 spiro atoms. The topological polar surface area (TPSA) is 49.0 Å². The molecule has 1 N–H and O–H groups in total. The van der Waals surface area contributed by atoms with E-state index in [4.69, 9.17) is 11.6 Å². The van der Waals surface area contributed by atoms with Crippen LogP contribution in [0, 0.1) is 17.5 Å². The maximum absolute atomic E-state index is 14.1. The molecular formula is C19H17ClF3N3O. The van der Waals surface area contributed by atoms with E-state index in [1.54, 1.807) is 0 Å². The molecule has 0 aliphatic heterocycles. The Bertz CT molecular complexity index is 1020. The number of Topliss-reactive ketones (excluding diaryl/α,β-unsaturated/α-hetero) is 1. The second kappa shape index (κ2) is 7.70. The third-order valence-electron chi connectivity index (χ3n) is 4.16. The predicted octanol–water partition coefficient (Wildman–Crippen LogP) is 4.16. The highest BCUT2D eigenvalue weighted by molar-refractivity contribution is 6.30. The van der Waals surface area contributed by atoms with Crippen molar-refractivity contribution in [3.8, 4) is 0 Å². The van der Waals surface area contributed by atoms with Gasteiger partial charge in [0, 0.05) is 24.9 Å².